The minimum absolute atomic E-state index is 0.290. The Hall–Kier alpha value is -1.32. The van der Waals surface area contributed by atoms with Gasteiger partial charge in [0.2, 0.25) is 0 Å². The molecule has 0 spiro atoms. The van der Waals surface area contributed by atoms with Crippen LogP contribution in [0.25, 0.3) is 0 Å². The van der Waals surface area contributed by atoms with Gasteiger partial charge in [-0.05, 0) is 60.2 Å². The van der Waals surface area contributed by atoms with E-state index in [1.54, 1.807) is 0 Å². The molecular weight excluding hydrogens is 256 g/mol. The van der Waals surface area contributed by atoms with E-state index in [-0.39, 0.29) is 23.8 Å². The average Bonchev–Trinajstić information content (AvgIpc) is 3.23. The van der Waals surface area contributed by atoms with Crippen molar-refractivity contribution in [2.75, 3.05) is 14.2 Å². The lowest BCUT2D eigenvalue weighted by Gasteiger charge is -2.35. The van der Waals surface area contributed by atoms with Gasteiger partial charge < -0.3 is 9.47 Å². The molecule has 8 bridgehead atoms. The van der Waals surface area contributed by atoms with E-state index in [4.69, 9.17) is 9.47 Å². The van der Waals surface area contributed by atoms with Gasteiger partial charge in [0, 0.05) is 0 Å². The second-order valence-corrected chi connectivity index (χ2v) is 7.08. The van der Waals surface area contributed by atoms with Crippen LogP contribution in [0.4, 0.5) is 0 Å². The topological polar surface area (TPSA) is 52.6 Å². The van der Waals surface area contributed by atoms with Crippen LogP contribution in [-0.4, -0.2) is 26.2 Å². The lowest BCUT2D eigenvalue weighted by atomic mass is 9.69. The highest BCUT2D eigenvalue weighted by Gasteiger charge is 2.80. The molecule has 0 aromatic heterocycles. The molecule has 0 saturated heterocycles. The Labute approximate surface area is 117 Å². The van der Waals surface area contributed by atoms with Crippen molar-refractivity contribution in [2.24, 2.45) is 47.3 Å². The number of esters is 2. The molecule has 5 fully saturated rings. The highest BCUT2D eigenvalue weighted by atomic mass is 16.5. The van der Waals surface area contributed by atoms with Crippen LogP contribution in [-0.2, 0) is 19.1 Å². The Kier molecular flexibility index (Phi) is 1.87. The number of hydrogen-bond donors (Lipinski definition) is 0. The Morgan fingerprint density at radius 3 is 1.65 bits per heavy atom. The molecule has 0 N–H and O–H groups in total. The summed E-state index contributed by atoms with van der Waals surface area (Å²) in [5.74, 6) is 4.20. The lowest BCUT2D eigenvalue weighted by Crippen LogP contribution is -2.34. The summed E-state index contributed by atoms with van der Waals surface area (Å²) in [5.41, 5.74) is 1.34. The van der Waals surface area contributed by atoms with E-state index in [9.17, 15) is 9.59 Å². The lowest BCUT2D eigenvalue weighted by molar-refractivity contribution is -0.140. The van der Waals surface area contributed by atoms with Crippen molar-refractivity contribution >= 4 is 11.9 Å². The van der Waals surface area contributed by atoms with Crippen LogP contribution >= 0.6 is 0 Å². The third-order valence-corrected chi connectivity index (χ3v) is 7.13. The molecule has 106 valence electrons. The van der Waals surface area contributed by atoms with Crippen molar-refractivity contribution in [1.82, 2.24) is 0 Å². The van der Waals surface area contributed by atoms with Crippen LogP contribution in [0.15, 0.2) is 11.1 Å². The molecule has 20 heavy (non-hydrogen) atoms. The first-order valence-corrected chi connectivity index (χ1v) is 7.61. The van der Waals surface area contributed by atoms with Crippen LogP contribution in [0.2, 0.25) is 0 Å². The number of carbonyl (C=O) groups is 2. The minimum Gasteiger partial charge on any atom is -0.466 e. The Morgan fingerprint density at radius 2 is 1.25 bits per heavy atom. The van der Waals surface area contributed by atoms with Gasteiger partial charge >= 0.3 is 11.9 Å². The van der Waals surface area contributed by atoms with Crippen LogP contribution in [0, 0.1) is 47.3 Å². The third-order valence-electron chi connectivity index (χ3n) is 7.13. The van der Waals surface area contributed by atoms with Crippen molar-refractivity contribution in [3.63, 3.8) is 0 Å². The van der Waals surface area contributed by atoms with E-state index in [2.05, 4.69) is 0 Å². The monoisotopic (exact) mass is 274 g/mol. The van der Waals surface area contributed by atoms with Crippen molar-refractivity contribution in [2.45, 2.75) is 12.8 Å². The van der Waals surface area contributed by atoms with E-state index in [1.807, 2.05) is 0 Å². The zero-order valence-electron chi connectivity index (χ0n) is 11.7. The van der Waals surface area contributed by atoms with Gasteiger partial charge in [0.15, 0.2) is 0 Å². The molecular formula is C16H18O4. The Balaban J connectivity index is 1.68. The van der Waals surface area contributed by atoms with Crippen molar-refractivity contribution < 1.29 is 19.1 Å². The number of rotatable bonds is 2. The smallest absolute Gasteiger partial charge is 0.334 e. The van der Waals surface area contributed by atoms with E-state index >= 15 is 0 Å². The Morgan fingerprint density at radius 1 is 0.800 bits per heavy atom. The molecule has 0 aliphatic heterocycles. The third kappa shape index (κ3) is 0.895. The molecule has 4 heteroatoms. The summed E-state index contributed by atoms with van der Waals surface area (Å²) in [7, 11) is 2.82. The van der Waals surface area contributed by atoms with Gasteiger partial charge in [-0.25, -0.2) is 9.59 Å². The van der Waals surface area contributed by atoms with E-state index in [1.165, 1.54) is 27.1 Å². The highest BCUT2D eigenvalue weighted by Crippen LogP contribution is 2.83. The first-order valence-electron chi connectivity index (χ1n) is 7.61. The maximum Gasteiger partial charge on any atom is 0.334 e. The highest BCUT2D eigenvalue weighted by molar-refractivity contribution is 6.03. The van der Waals surface area contributed by atoms with Crippen LogP contribution in [0.5, 0.6) is 0 Å². The zero-order valence-corrected chi connectivity index (χ0v) is 11.7. The minimum atomic E-state index is -0.301. The molecule has 4 nitrogen and oxygen atoms in total. The van der Waals surface area contributed by atoms with Crippen molar-refractivity contribution in [3.05, 3.63) is 11.1 Å². The van der Waals surface area contributed by atoms with Gasteiger partial charge in [-0.15, -0.1) is 0 Å². The summed E-state index contributed by atoms with van der Waals surface area (Å²) in [6, 6.07) is 0. The van der Waals surface area contributed by atoms with Crippen LogP contribution in [0.1, 0.15) is 12.8 Å². The van der Waals surface area contributed by atoms with Crippen molar-refractivity contribution in [3.8, 4) is 0 Å². The van der Waals surface area contributed by atoms with Gasteiger partial charge in [0.05, 0.1) is 25.4 Å². The Bertz CT molecular complexity index is 529. The molecule has 0 aromatic carbocycles. The molecule has 6 aliphatic rings. The first-order chi connectivity index (χ1) is 9.70. The number of hydrogen-bond acceptors (Lipinski definition) is 4. The number of ether oxygens (including phenoxy) is 2. The quantitative estimate of drug-likeness (QED) is 0.714. The van der Waals surface area contributed by atoms with Crippen LogP contribution in [0.3, 0.4) is 0 Å². The molecule has 6 aliphatic carbocycles. The van der Waals surface area contributed by atoms with Gasteiger partial charge in [-0.3, -0.25) is 0 Å². The molecule has 0 aromatic rings. The second kappa shape index (κ2) is 3.29. The fraction of sp³-hybridized carbons (Fsp3) is 0.750. The normalized spacial score (nSPS) is 52.3. The van der Waals surface area contributed by atoms with Gasteiger partial charge in [-0.1, -0.05) is 0 Å². The summed E-state index contributed by atoms with van der Waals surface area (Å²) in [6.07, 6.45) is 2.66. The fourth-order valence-electron chi connectivity index (χ4n) is 7.19. The fourth-order valence-corrected chi connectivity index (χ4v) is 7.19. The van der Waals surface area contributed by atoms with Gasteiger partial charge in [0.1, 0.15) is 0 Å². The number of methoxy groups -OCH3 is 2. The first kappa shape index (κ1) is 11.4. The summed E-state index contributed by atoms with van der Waals surface area (Å²) < 4.78 is 9.92. The summed E-state index contributed by atoms with van der Waals surface area (Å²) in [5, 5.41) is 0. The molecule has 6 atom stereocenters. The zero-order chi connectivity index (χ0) is 13.8. The molecule has 0 heterocycles. The second-order valence-electron chi connectivity index (χ2n) is 7.08. The maximum atomic E-state index is 12.2. The summed E-state index contributed by atoms with van der Waals surface area (Å²) >= 11 is 0. The number of carbonyl (C=O) groups excluding carboxylic acids is 2. The molecule has 0 amide bonds. The average molecular weight is 274 g/mol. The summed E-state index contributed by atoms with van der Waals surface area (Å²) in [4.78, 5) is 24.4. The predicted molar refractivity (Wildman–Crippen MR) is 68.2 cm³/mol. The van der Waals surface area contributed by atoms with Gasteiger partial charge in [0.25, 0.3) is 0 Å². The SMILES string of the molecule is COC(=O)C1=C(C(=O)OC)C2C3C4CCC5C4C2C1C53. The largest absolute Gasteiger partial charge is 0.466 e. The van der Waals surface area contributed by atoms with E-state index in [0.29, 0.717) is 28.9 Å². The van der Waals surface area contributed by atoms with Crippen LogP contribution < -0.4 is 0 Å². The van der Waals surface area contributed by atoms with E-state index in [0.717, 1.165) is 17.8 Å². The summed E-state index contributed by atoms with van der Waals surface area (Å²) in [6.45, 7) is 0. The van der Waals surface area contributed by atoms with Crippen molar-refractivity contribution in [1.29, 1.82) is 0 Å². The molecule has 6 unspecified atom stereocenters. The maximum absolute atomic E-state index is 12.2. The van der Waals surface area contributed by atoms with E-state index < -0.39 is 0 Å². The predicted octanol–water partition coefficient (Wildman–Crippen LogP) is 1.41. The standard InChI is InChI=1S/C16H18O4/c1-19-15(17)13-11-8-5-3-4-6-7(5)10(11)12(9(6)8)14(13)16(18)20-2/h5-12H,3-4H2,1-2H3. The molecule has 5 saturated carbocycles. The van der Waals surface area contributed by atoms with Gasteiger partial charge in [-0.2, -0.15) is 0 Å². The molecule has 6 rings (SSSR count). The molecule has 0 radical (unpaired) electrons.